The number of amides is 1. The lowest BCUT2D eigenvalue weighted by Gasteiger charge is -2.51. The highest BCUT2D eigenvalue weighted by atomic mass is 16.6. The molecule has 1 N–H and O–H groups in total. The van der Waals surface area contributed by atoms with Crippen LogP contribution in [0.5, 0.6) is 5.75 Å². The SMILES string of the molecule is COc1ccc(C2(O)CC3COCC(C2)N3C(=O)OCc2ccccc2)c2ccccc12. The molecule has 6 heteroatoms. The highest BCUT2D eigenvalue weighted by Gasteiger charge is 2.49. The first-order valence-corrected chi connectivity index (χ1v) is 10.9. The van der Waals surface area contributed by atoms with Crippen molar-refractivity contribution in [2.24, 2.45) is 0 Å². The van der Waals surface area contributed by atoms with E-state index in [-0.39, 0.29) is 24.8 Å². The third-order valence-corrected chi connectivity index (χ3v) is 6.58. The number of rotatable bonds is 4. The second kappa shape index (κ2) is 8.45. The molecule has 2 bridgehead atoms. The Morgan fingerprint density at radius 1 is 1.00 bits per heavy atom. The number of carbonyl (C=O) groups is 1. The van der Waals surface area contributed by atoms with Crippen LogP contribution >= 0.6 is 0 Å². The molecule has 2 unspecified atom stereocenters. The van der Waals surface area contributed by atoms with E-state index in [4.69, 9.17) is 14.2 Å². The van der Waals surface area contributed by atoms with Gasteiger partial charge in [-0.3, -0.25) is 4.90 Å². The summed E-state index contributed by atoms with van der Waals surface area (Å²) in [5, 5.41) is 13.8. The van der Waals surface area contributed by atoms with E-state index in [1.54, 1.807) is 12.0 Å². The molecule has 2 fully saturated rings. The van der Waals surface area contributed by atoms with E-state index in [9.17, 15) is 9.90 Å². The summed E-state index contributed by atoms with van der Waals surface area (Å²) in [5.74, 6) is 0.776. The van der Waals surface area contributed by atoms with Gasteiger partial charge in [0.05, 0.1) is 38.0 Å². The smallest absolute Gasteiger partial charge is 0.410 e. The number of carbonyl (C=O) groups excluding carboxylic acids is 1. The van der Waals surface area contributed by atoms with Crippen molar-refractivity contribution >= 4 is 16.9 Å². The molecule has 32 heavy (non-hydrogen) atoms. The number of ether oxygens (including phenoxy) is 3. The number of aliphatic hydroxyl groups is 1. The molecule has 5 rings (SSSR count). The van der Waals surface area contributed by atoms with Gasteiger partial charge in [-0.05, 0) is 22.6 Å². The monoisotopic (exact) mass is 433 g/mol. The molecule has 3 aromatic rings. The van der Waals surface area contributed by atoms with Gasteiger partial charge in [0, 0.05) is 18.2 Å². The molecule has 2 heterocycles. The lowest BCUT2D eigenvalue weighted by Crippen LogP contribution is -2.62. The second-order valence-electron chi connectivity index (χ2n) is 8.59. The van der Waals surface area contributed by atoms with Crippen LogP contribution in [0.3, 0.4) is 0 Å². The van der Waals surface area contributed by atoms with Gasteiger partial charge in [0.25, 0.3) is 0 Å². The molecule has 2 aliphatic heterocycles. The van der Waals surface area contributed by atoms with Crippen LogP contribution in [0.25, 0.3) is 10.8 Å². The Bertz CT molecular complexity index is 1100. The Hall–Kier alpha value is -3.09. The lowest BCUT2D eigenvalue weighted by molar-refractivity contribution is -0.136. The molecule has 2 saturated heterocycles. The summed E-state index contributed by atoms with van der Waals surface area (Å²) in [7, 11) is 1.65. The van der Waals surface area contributed by atoms with Gasteiger partial charge >= 0.3 is 6.09 Å². The highest BCUT2D eigenvalue weighted by Crippen LogP contribution is 2.44. The number of benzene rings is 3. The molecule has 6 nitrogen and oxygen atoms in total. The zero-order valence-electron chi connectivity index (χ0n) is 18.1. The maximum atomic E-state index is 13.0. The van der Waals surface area contributed by atoms with Crippen molar-refractivity contribution in [2.75, 3.05) is 20.3 Å². The van der Waals surface area contributed by atoms with Gasteiger partial charge in [0.15, 0.2) is 0 Å². The van der Waals surface area contributed by atoms with Crippen LogP contribution in [-0.4, -0.2) is 48.5 Å². The Kier molecular flexibility index (Phi) is 5.49. The van der Waals surface area contributed by atoms with Crippen molar-refractivity contribution in [3.05, 3.63) is 77.9 Å². The number of hydrogen-bond acceptors (Lipinski definition) is 5. The molecule has 0 radical (unpaired) electrons. The first-order valence-electron chi connectivity index (χ1n) is 10.9. The summed E-state index contributed by atoms with van der Waals surface area (Å²) in [5.41, 5.74) is 0.741. The number of fused-ring (bicyclic) bond motifs is 3. The van der Waals surface area contributed by atoms with E-state index in [0.29, 0.717) is 26.1 Å². The summed E-state index contributed by atoms with van der Waals surface area (Å²) < 4.78 is 16.9. The first-order chi connectivity index (χ1) is 15.6. The van der Waals surface area contributed by atoms with Gasteiger partial charge in [0.2, 0.25) is 0 Å². The Morgan fingerprint density at radius 2 is 1.66 bits per heavy atom. The van der Waals surface area contributed by atoms with Gasteiger partial charge in [-0.2, -0.15) is 0 Å². The number of piperidine rings is 1. The molecule has 0 aliphatic carbocycles. The lowest BCUT2D eigenvalue weighted by atomic mass is 9.75. The number of nitrogens with zero attached hydrogens (tertiary/aromatic N) is 1. The van der Waals surface area contributed by atoms with Gasteiger partial charge in [-0.25, -0.2) is 4.79 Å². The number of hydrogen-bond donors (Lipinski definition) is 1. The molecule has 2 aliphatic rings. The summed E-state index contributed by atoms with van der Waals surface area (Å²) in [6.07, 6.45) is 0.425. The maximum absolute atomic E-state index is 13.0. The van der Waals surface area contributed by atoms with Gasteiger partial charge in [-0.1, -0.05) is 60.7 Å². The quantitative estimate of drug-likeness (QED) is 0.667. The molecule has 0 spiro atoms. The fourth-order valence-electron chi connectivity index (χ4n) is 5.14. The standard InChI is InChI=1S/C26H27NO5/c1-30-24-12-11-23(21-9-5-6-10-22(21)24)26(29)13-19-16-31-17-20(14-26)27(19)25(28)32-15-18-7-3-2-4-8-18/h2-12,19-20,29H,13-17H2,1H3. The average molecular weight is 434 g/mol. The summed E-state index contributed by atoms with van der Waals surface area (Å²) in [6.45, 7) is 0.991. The number of methoxy groups -OCH3 is 1. The van der Waals surface area contributed by atoms with Crippen molar-refractivity contribution in [3.8, 4) is 5.75 Å². The second-order valence-corrected chi connectivity index (χ2v) is 8.59. The Balaban J connectivity index is 1.41. The predicted molar refractivity (Wildman–Crippen MR) is 120 cm³/mol. The Labute approximate surface area is 187 Å². The molecule has 3 aromatic carbocycles. The maximum Gasteiger partial charge on any atom is 0.410 e. The molecule has 2 atom stereocenters. The van der Waals surface area contributed by atoms with Crippen LogP contribution in [-0.2, 0) is 21.7 Å². The minimum absolute atomic E-state index is 0.226. The molecule has 0 saturated carbocycles. The minimum atomic E-state index is -1.07. The van der Waals surface area contributed by atoms with Crippen molar-refractivity contribution in [1.29, 1.82) is 0 Å². The van der Waals surface area contributed by atoms with Crippen LogP contribution in [0.4, 0.5) is 4.79 Å². The topological polar surface area (TPSA) is 68.2 Å². The molecule has 0 aromatic heterocycles. The van der Waals surface area contributed by atoms with Crippen LogP contribution in [0, 0.1) is 0 Å². The fraction of sp³-hybridized carbons (Fsp3) is 0.346. The van der Waals surface area contributed by atoms with Crippen molar-refractivity contribution in [1.82, 2.24) is 4.90 Å². The normalized spacial score (nSPS) is 24.9. The fourth-order valence-corrected chi connectivity index (χ4v) is 5.14. The van der Waals surface area contributed by atoms with Crippen molar-refractivity contribution in [2.45, 2.75) is 37.1 Å². The van der Waals surface area contributed by atoms with Crippen LogP contribution in [0.2, 0.25) is 0 Å². The van der Waals surface area contributed by atoms with Crippen LogP contribution < -0.4 is 4.74 Å². The largest absolute Gasteiger partial charge is 0.496 e. The predicted octanol–water partition coefficient (Wildman–Crippen LogP) is 4.24. The number of morpholine rings is 1. The van der Waals surface area contributed by atoms with Crippen LogP contribution in [0.15, 0.2) is 66.7 Å². The van der Waals surface area contributed by atoms with E-state index < -0.39 is 5.60 Å². The van der Waals surface area contributed by atoms with E-state index >= 15 is 0 Å². The van der Waals surface area contributed by atoms with Crippen LogP contribution in [0.1, 0.15) is 24.0 Å². The summed E-state index contributed by atoms with van der Waals surface area (Å²) >= 11 is 0. The van der Waals surface area contributed by atoms with Gasteiger partial charge < -0.3 is 19.3 Å². The van der Waals surface area contributed by atoms with Crippen molar-refractivity contribution < 1.29 is 24.1 Å². The van der Waals surface area contributed by atoms with Gasteiger partial charge in [-0.15, -0.1) is 0 Å². The summed E-state index contributed by atoms with van der Waals surface area (Å²) in [6, 6.07) is 20.9. The molecular formula is C26H27NO5. The van der Waals surface area contributed by atoms with E-state index in [2.05, 4.69) is 0 Å². The minimum Gasteiger partial charge on any atom is -0.496 e. The van der Waals surface area contributed by atoms with E-state index in [1.165, 1.54) is 0 Å². The average Bonchev–Trinajstić information content (AvgIpc) is 2.82. The van der Waals surface area contributed by atoms with E-state index in [0.717, 1.165) is 27.6 Å². The summed E-state index contributed by atoms with van der Waals surface area (Å²) in [4.78, 5) is 14.7. The third-order valence-electron chi connectivity index (χ3n) is 6.58. The zero-order chi connectivity index (χ0) is 22.1. The first kappa shape index (κ1) is 20.8. The zero-order valence-corrected chi connectivity index (χ0v) is 18.1. The third kappa shape index (κ3) is 3.70. The van der Waals surface area contributed by atoms with E-state index in [1.807, 2.05) is 66.7 Å². The van der Waals surface area contributed by atoms with Crippen molar-refractivity contribution in [3.63, 3.8) is 0 Å². The van der Waals surface area contributed by atoms with Gasteiger partial charge in [0.1, 0.15) is 12.4 Å². The molecular weight excluding hydrogens is 406 g/mol. The highest BCUT2D eigenvalue weighted by molar-refractivity contribution is 5.91. The molecule has 166 valence electrons. The molecule has 1 amide bonds. The Morgan fingerprint density at radius 3 is 2.34 bits per heavy atom.